The Kier molecular flexibility index (Phi) is 13.3. The maximum Gasteiger partial charge on any atom is 0.0963 e. The molecule has 1 fully saturated rings. The predicted octanol–water partition coefficient (Wildman–Crippen LogP) is 2.69. The van der Waals surface area contributed by atoms with Gasteiger partial charge in [0.05, 0.1) is 46.0 Å². The van der Waals surface area contributed by atoms with Gasteiger partial charge < -0.3 is 31.6 Å². The van der Waals surface area contributed by atoms with Gasteiger partial charge in [0.2, 0.25) is 0 Å². The number of unbranched alkanes of at least 4 members (excludes halogenated alkanes) is 9. The van der Waals surface area contributed by atoms with Crippen LogP contribution in [0, 0.1) is 0 Å². The lowest BCUT2D eigenvalue weighted by atomic mass is 10.1. The van der Waals surface area contributed by atoms with E-state index in [1.807, 2.05) is 12.1 Å². The Labute approximate surface area is 189 Å². The van der Waals surface area contributed by atoms with Crippen molar-refractivity contribution in [1.82, 2.24) is 0 Å². The van der Waals surface area contributed by atoms with E-state index < -0.39 is 0 Å². The highest BCUT2D eigenvalue weighted by Crippen LogP contribution is 2.20. The first-order valence-corrected chi connectivity index (χ1v) is 11.5. The molecule has 166 valence electrons. The fourth-order valence-corrected chi connectivity index (χ4v) is 4.25. The van der Waals surface area contributed by atoms with Gasteiger partial charge in [-0.3, -0.25) is 0 Å². The van der Waals surface area contributed by atoms with Crippen LogP contribution < -0.4 is 21.9 Å². The van der Waals surface area contributed by atoms with Crippen LogP contribution in [0.2, 0.25) is 0 Å². The van der Waals surface area contributed by atoms with Gasteiger partial charge in [-0.15, -0.1) is 0 Å². The summed E-state index contributed by atoms with van der Waals surface area (Å²) in [5.41, 5.74) is 2.21. The lowest BCUT2D eigenvalue weighted by Gasteiger charge is -2.43. The molecule has 5 heteroatoms. The van der Waals surface area contributed by atoms with Crippen LogP contribution in [0.15, 0.2) is 29.4 Å². The zero-order chi connectivity index (χ0) is 20.1. The monoisotopic (exact) mass is 467 g/mol. The molecular formula is C24H42BrN3O. The van der Waals surface area contributed by atoms with Gasteiger partial charge >= 0.3 is 0 Å². The quantitative estimate of drug-likeness (QED) is 0.159. The van der Waals surface area contributed by atoms with E-state index in [0.717, 1.165) is 18.7 Å². The van der Waals surface area contributed by atoms with E-state index in [4.69, 9.17) is 5.21 Å². The standard InChI is InChI=1S/C24H41N3O.BrH/c1-3-4-5-6-7-8-9-10-11-12-19-27(2)20-17-26(18-21-27)24-15-13-23(14-16-24)22-25-28;/h13-16,22H,3-12,17-21H2,1-2H3;1H. The average molecular weight is 469 g/mol. The Morgan fingerprint density at radius 1 is 0.897 bits per heavy atom. The number of benzene rings is 1. The number of piperazine rings is 1. The van der Waals surface area contributed by atoms with Crippen molar-refractivity contribution in [3.63, 3.8) is 0 Å². The first-order valence-electron chi connectivity index (χ1n) is 11.5. The topological polar surface area (TPSA) is 35.8 Å². The SMILES string of the molecule is CCCCCCCCCCCC[N+]1(C)CCN(c2ccc(C=NO)cc2)CC1.[Br-]. The predicted molar refractivity (Wildman–Crippen MR) is 121 cm³/mol. The minimum absolute atomic E-state index is 0. The molecule has 1 heterocycles. The molecule has 1 aromatic carbocycles. The second-order valence-corrected chi connectivity index (χ2v) is 8.80. The van der Waals surface area contributed by atoms with E-state index in [0.29, 0.717) is 0 Å². The Balaban J connectivity index is 0.00000420. The van der Waals surface area contributed by atoms with E-state index in [2.05, 4.69) is 36.2 Å². The largest absolute Gasteiger partial charge is 1.00 e. The maximum absolute atomic E-state index is 8.62. The van der Waals surface area contributed by atoms with Crippen molar-refractivity contribution in [3.05, 3.63) is 29.8 Å². The van der Waals surface area contributed by atoms with Crippen molar-refractivity contribution in [2.45, 2.75) is 71.1 Å². The number of rotatable bonds is 13. The molecule has 2 rings (SSSR count). The minimum Gasteiger partial charge on any atom is -1.00 e. The fourth-order valence-electron chi connectivity index (χ4n) is 4.25. The molecule has 4 nitrogen and oxygen atoms in total. The third-order valence-electron chi connectivity index (χ3n) is 6.34. The molecule has 0 saturated carbocycles. The van der Waals surface area contributed by atoms with Gasteiger partial charge in [-0.1, -0.05) is 75.6 Å². The Bertz CT molecular complexity index is 554. The third-order valence-corrected chi connectivity index (χ3v) is 6.34. The Hall–Kier alpha value is -1.07. The first kappa shape index (κ1) is 26.0. The average Bonchev–Trinajstić information content (AvgIpc) is 2.71. The summed E-state index contributed by atoms with van der Waals surface area (Å²) in [6.45, 7) is 8.34. The first-order chi connectivity index (χ1) is 13.7. The third kappa shape index (κ3) is 9.99. The lowest BCUT2D eigenvalue weighted by Crippen LogP contribution is -3.00. The molecule has 0 aromatic heterocycles. The minimum atomic E-state index is 0. The van der Waals surface area contributed by atoms with E-state index in [9.17, 15) is 0 Å². The number of quaternary nitrogens is 1. The molecule has 1 N–H and O–H groups in total. The van der Waals surface area contributed by atoms with E-state index in [-0.39, 0.29) is 17.0 Å². The number of hydrogen-bond donors (Lipinski definition) is 1. The van der Waals surface area contributed by atoms with Gasteiger partial charge in [-0.2, -0.15) is 0 Å². The van der Waals surface area contributed by atoms with Gasteiger partial charge in [-0.25, -0.2) is 0 Å². The molecule has 29 heavy (non-hydrogen) atoms. The Morgan fingerprint density at radius 3 is 1.93 bits per heavy atom. The van der Waals surface area contributed by atoms with E-state index in [1.54, 1.807) is 0 Å². The van der Waals surface area contributed by atoms with E-state index in [1.165, 1.54) is 100 Å². The summed E-state index contributed by atoms with van der Waals surface area (Å²) in [6, 6.07) is 8.30. The van der Waals surface area contributed by atoms with E-state index >= 15 is 0 Å². The van der Waals surface area contributed by atoms with Gasteiger partial charge in [0.1, 0.15) is 0 Å². The summed E-state index contributed by atoms with van der Waals surface area (Å²) < 4.78 is 1.22. The molecule has 0 unspecified atom stereocenters. The second kappa shape index (κ2) is 14.8. The van der Waals surface area contributed by atoms with Crippen LogP contribution in [-0.2, 0) is 0 Å². The number of hydrogen-bond acceptors (Lipinski definition) is 3. The van der Waals surface area contributed by atoms with Gasteiger partial charge in [0.25, 0.3) is 0 Å². The molecular weight excluding hydrogens is 426 g/mol. The second-order valence-electron chi connectivity index (χ2n) is 8.80. The number of nitrogens with zero attached hydrogens (tertiary/aromatic N) is 3. The van der Waals surface area contributed by atoms with Crippen LogP contribution in [-0.4, -0.2) is 55.7 Å². The highest BCUT2D eigenvalue weighted by molar-refractivity contribution is 5.79. The van der Waals surface area contributed by atoms with Crippen LogP contribution in [0.3, 0.4) is 0 Å². The molecule has 1 aliphatic rings. The number of oxime groups is 1. The van der Waals surface area contributed by atoms with Gasteiger partial charge in [0.15, 0.2) is 0 Å². The van der Waals surface area contributed by atoms with Crippen LogP contribution in [0.5, 0.6) is 0 Å². The van der Waals surface area contributed by atoms with Crippen molar-refractivity contribution >= 4 is 11.9 Å². The highest BCUT2D eigenvalue weighted by atomic mass is 79.9. The van der Waals surface area contributed by atoms with Crippen LogP contribution in [0.1, 0.15) is 76.7 Å². The van der Waals surface area contributed by atoms with Crippen molar-refractivity contribution < 1.29 is 26.7 Å². The molecule has 1 aromatic rings. The number of halogens is 1. The van der Waals surface area contributed by atoms with Gasteiger partial charge in [-0.05, 0) is 30.5 Å². The van der Waals surface area contributed by atoms with Crippen LogP contribution in [0.4, 0.5) is 5.69 Å². The summed E-state index contributed by atoms with van der Waals surface area (Å²) in [5.74, 6) is 0. The molecule has 0 radical (unpaired) electrons. The summed E-state index contributed by atoms with van der Waals surface area (Å²) in [7, 11) is 2.44. The summed E-state index contributed by atoms with van der Waals surface area (Å²) in [5, 5.41) is 11.7. The van der Waals surface area contributed by atoms with Crippen molar-refractivity contribution in [2.75, 3.05) is 44.7 Å². The fraction of sp³-hybridized carbons (Fsp3) is 0.708. The maximum atomic E-state index is 8.62. The molecule has 1 saturated heterocycles. The van der Waals surface area contributed by atoms with Crippen molar-refractivity contribution in [2.24, 2.45) is 5.16 Å². The molecule has 0 aliphatic carbocycles. The zero-order valence-electron chi connectivity index (χ0n) is 18.7. The van der Waals surface area contributed by atoms with Gasteiger partial charge in [0, 0.05) is 5.69 Å². The molecule has 0 amide bonds. The summed E-state index contributed by atoms with van der Waals surface area (Å²) >= 11 is 0. The molecule has 0 bridgehead atoms. The highest BCUT2D eigenvalue weighted by Gasteiger charge is 2.28. The molecule has 1 aliphatic heterocycles. The molecule has 0 atom stereocenters. The number of anilines is 1. The zero-order valence-corrected chi connectivity index (χ0v) is 20.2. The van der Waals surface area contributed by atoms with Crippen molar-refractivity contribution in [1.29, 1.82) is 0 Å². The normalized spacial score (nSPS) is 16.1. The summed E-state index contributed by atoms with van der Waals surface area (Å²) in [6.07, 6.45) is 15.6. The molecule has 0 spiro atoms. The van der Waals surface area contributed by atoms with Crippen molar-refractivity contribution in [3.8, 4) is 0 Å². The Morgan fingerprint density at radius 2 is 1.41 bits per heavy atom. The van der Waals surface area contributed by atoms with Crippen LogP contribution >= 0.6 is 0 Å². The smallest absolute Gasteiger partial charge is 0.0963 e. The lowest BCUT2D eigenvalue weighted by molar-refractivity contribution is -0.910. The van der Waals surface area contributed by atoms with Crippen LogP contribution in [0.25, 0.3) is 0 Å². The number of likely N-dealkylation sites (N-methyl/N-ethyl adjacent to an activating group) is 1. The summed E-state index contributed by atoms with van der Waals surface area (Å²) in [4.78, 5) is 2.48.